The van der Waals surface area contributed by atoms with E-state index >= 15 is 0 Å². The largest absolute Gasteiger partial charge is 0.134 e. The Hall–Kier alpha value is -3.65. The summed E-state index contributed by atoms with van der Waals surface area (Å²) in [6.45, 7) is 0. The highest BCUT2D eigenvalue weighted by Crippen LogP contribution is 2.34. The molecule has 0 aromatic heterocycles. The highest BCUT2D eigenvalue weighted by molar-refractivity contribution is 6.98. The Labute approximate surface area is 206 Å². The predicted molar refractivity (Wildman–Crippen MR) is 151 cm³/mol. The van der Waals surface area contributed by atoms with Crippen molar-refractivity contribution >= 4 is 57.5 Å². The van der Waals surface area contributed by atoms with Gasteiger partial charge in [-0.15, -0.1) is 0 Å². The van der Waals surface area contributed by atoms with E-state index in [1.54, 1.807) is 0 Å². The number of halogens is 1. The van der Waals surface area contributed by atoms with Crippen LogP contribution in [0.15, 0.2) is 133 Å². The maximum Gasteiger partial charge on any atom is 0.134 e. The lowest BCUT2D eigenvalue weighted by Crippen LogP contribution is -2.53. The van der Waals surface area contributed by atoms with Gasteiger partial charge in [-0.05, 0) is 50.0 Å². The highest BCUT2D eigenvalue weighted by Gasteiger charge is 2.26. The molecule has 6 rings (SSSR count). The van der Waals surface area contributed by atoms with E-state index in [4.69, 9.17) is 11.6 Å². The number of rotatable bonds is 4. The third-order valence-corrected chi connectivity index (χ3v) is 10.2. The van der Waals surface area contributed by atoms with Gasteiger partial charge in [0.05, 0.1) is 0 Å². The molecule has 2 heteroatoms. The molecule has 0 unspecified atom stereocenters. The predicted octanol–water partition coefficient (Wildman–Crippen LogP) is 6.56. The van der Waals surface area contributed by atoms with Crippen LogP contribution in [-0.2, 0) is 0 Å². The molecule has 0 radical (unpaired) electrons. The SMILES string of the molecule is Clc1ccc(-c2c([SiH](c3ccccc3)c3ccccc3)c3ccccc3c3ccccc23)cc1. The quantitative estimate of drug-likeness (QED) is 0.155. The Balaban J connectivity index is 1.82. The van der Waals surface area contributed by atoms with Crippen molar-refractivity contribution in [3.63, 3.8) is 0 Å². The van der Waals surface area contributed by atoms with Crippen molar-refractivity contribution in [3.05, 3.63) is 138 Å². The van der Waals surface area contributed by atoms with Gasteiger partial charge in [0.2, 0.25) is 0 Å². The van der Waals surface area contributed by atoms with Crippen LogP contribution in [0.3, 0.4) is 0 Å². The number of fused-ring (bicyclic) bond motifs is 3. The lowest BCUT2D eigenvalue weighted by atomic mass is 9.93. The van der Waals surface area contributed by atoms with Crippen molar-refractivity contribution in [3.8, 4) is 11.1 Å². The van der Waals surface area contributed by atoms with Crippen LogP contribution in [0.2, 0.25) is 5.02 Å². The molecule has 34 heavy (non-hydrogen) atoms. The smallest absolute Gasteiger partial charge is 0.0843 e. The number of hydrogen-bond acceptors (Lipinski definition) is 0. The molecule has 0 nitrogen and oxygen atoms in total. The van der Waals surface area contributed by atoms with Crippen LogP contribution in [-0.4, -0.2) is 8.80 Å². The summed E-state index contributed by atoms with van der Waals surface area (Å²) in [5.41, 5.74) is 2.54. The maximum atomic E-state index is 6.32. The molecular weight excluding hydrogens is 448 g/mol. The van der Waals surface area contributed by atoms with Gasteiger partial charge in [-0.25, -0.2) is 0 Å². The molecule has 0 saturated carbocycles. The van der Waals surface area contributed by atoms with E-state index in [1.807, 2.05) is 12.1 Å². The fourth-order valence-corrected chi connectivity index (χ4v) is 8.78. The van der Waals surface area contributed by atoms with E-state index in [0.29, 0.717) is 0 Å². The van der Waals surface area contributed by atoms with E-state index in [0.717, 1.165) is 5.02 Å². The second-order valence-corrected chi connectivity index (χ2v) is 11.9. The van der Waals surface area contributed by atoms with Gasteiger partial charge in [-0.1, -0.05) is 143 Å². The minimum Gasteiger partial charge on any atom is -0.0843 e. The molecule has 0 aliphatic carbocycles. The Morgan fingerprint density at radius 2 is 0.853 bits per heavy atom. The van der Waals surface area contributed by atoms with Crippen LogP contribution >= 0.6 is 11.6 Å². The molecular formula is C32H23ClSi. The van der Waals surface area contributed by atoms with Crippen LogP contribution in [0.5, 0.6) is 0 Å². The van der Waals surface area contributed by atoms with Gasteiger partial charge in [0.15, 0.2) is 0 Å². The number of benzene rings is 6. The molecule has 6 aromatic carbocycles. The van der Waals surface area contributed by atoms with Crippen molar-refractivity contribution in [2.75, 3.05) is 0 Å². The van der Waals surface area contributed by atoms with Crippen LogP contribution in [0.1, 0.15) is 0 Å². The fraction of sp³-hybridized carbons (Fsp3) is 0. The second-order valence-electron chi connectivity index (χ2n) is 8.64. The van der Waals surface area contributed by atoms with E-state index in [9.17, 15) is 0 Å². The normalized spacial score (nSPS) is 11.4. The van der Waals surface area contributed by atoms with Gasteiger partial charge in [-0.2, -0.15) is 0 Å². The van der Waals surface area contributed by atoms with Gasteiger partial charge >= 0.3 is 0 Å². The lowest BCUT2D eigenvalue weighted by Gasteiger charge is -2.25. The Morgan fingerprint density at radius 1 is 0.412 bits per heavy atom. The van der Waals surface area contributed by atoms with E-state index < -0.39 is 8.80 Å². The molecule has 6 aromatic rings. The minimum atomic E-state index is -1.82. The first-order valence-corrected chi connectivity index (χ1v) is 13.7. The monoisotopic (exact) mass is 470 g/mol. The summed E-state index contributed by atoms with van der Waals surface area (Å²) in [4.78, 5) is 0. The van der Waals surface area contributed by atoms with Crippen molar-refractivity contribution in [1.29, 1.82) is 0 Å². The van der Waals surface area contributed by atoms with Crippen molar-refractivity contribution in [2.24, 2.45) is 0 Å². The zero-order chi connectivity index (χ0) is 22.9. The fourth-order valence-electron chi connectivity index (χ4n) is 5.21. The van der Waals surface area contributed by atoms with Crippen molar-refractivity contribution in [2.45, 2.75) is 0 Å². The molecule has 0 aliphatic rings. The maximum absolute atomic E-state index is 6.32. The summed E-state index contributed by atoms with van der Waals surface area (Å²) < 4.78 is 0. The molecule has 0 amide bonds. The zero-order valence-electron chi connectivity index (χ0n) is 18.7. The van der Waals surface area contributed by atoms with Crippen molar-refractivity contribution in [1.82, 2.24) is 0 Å². The molecule has 0 heterocycles. The average molecular weight is 471 g/mol. The van der Waals surface area contributed by atoms with Crippen LogP contribution in [0.25, 0.3) is 32.7 Å². The standard InChI is InChI=1S/C32H23ClSi/c33-24-21-19-23(20-22-24)31-29-17-9-7-15-27(29)28-16-8-10-18-30(28)32(31)34(25-11-3-1-4-12-25)26-13-5-2-6-14-26/h1-22,34H. The van der Waals surface area contributed by atoms with Gasteiger partial charge in [0, 0.05) is 5.02 Å². The van der Waals surface area contributed by atoms with Crippen molar-refractivity contribution < 1.29 is 0 Å². The van der Waals surface area contributed by atoms with Gasteiger partial charge in [0.25, 0.3) is 0 Å². The second kappa shape index (κ2) is 8.94. The van der Waals surface area contributed by atoms with Gasteiger partial charge in [0.1, 0.15) is 8.80 Å². The van der Waals surface area contributed by atoms with Crippen LogP contribution in [0.4, 0.5) is 0 Å². The van der Waals surface area contributed by atoms with E-state index in [-0.39, 0.29) is 0 Å². The molecule has 0 saturated heterocycles. The first-order valence-electron chi connectivity index (χ1n) is 11.6. The Kier molecular flexibility index (Phi) is 5.50. The summed E-state index contributed by atoms with van der Waals surface area (Å²) in [6.07, 6.45) is 0. The first kappa shape index (κ1) is 20.9. The molecule has 0 fully saturated rings. The summed E-state index contributed by atoms with van der Waals surface area (Å²) in [5.74, 6) is 0. The van der Waals surface area contributed by atoms with Gasteiger partial charge in [-0.3, -0.25) is 0 Å². The molecule has 0 bridgehead atoms. The van der Waals surface area contributed by atoms with Crippen LogP contribution in [0, 0.1) is 0 Å². The summed E-state index contributed by atoms with van der Waals surface area (Å²) >= 11 is 6.32. The van der Waals surface area contributed by atoms with E-state index in [2.05, 4.69) is 121 Å². The zero-order valence-corrected chi connectivity index (χ0v) is 20.6. The third kappa shape index (κ3) is 3.64. The Bertz CT molecular complexity index is 1550. The molecule has 0 aliphatic heterocycles. The highest BCUT2D eigenvalue weighted by atomic mass is 35.5. The molecule has 0 N–H and O–H groups in total. The lowest BCUT2D eigenvalue weighted by molar-refractivity contribution is 1.67. The van der Waals surface area contributed by atoms with Gasteiger partial charge < -0.3 is 0 Å². The topological polar surface area (TPSA) is 0 Å². The first-order chi connectivity index (χ1) is 16.8. The van der Waals surface area contributed by atoms with E-state index in [1.165, 1.54) is 48.2 Å². The third-order valence-electron chi connectivity index (χ3n) is 6.66. The number of hydrogen-bond donors (Lipinski definition) is 0. The Morgan fingerprint density at radius 3 is 1.41 bits per heavy atom. The summed E-state index contributed by atoms with van der Waals surface area (Å²) in [6, 6.07) is 48.2. The average Bonchev–Trinajstić information content (AvgIpc) is 2.91. The molecule has 0 spiro atoms. The summed E-state index contributed by atoms with van der Waals surface area (Å²) in [5, 5.41) is 10.3. The summed E-state index contributed by atoms with van der Waals surface area (Å²) in [7, 11) is -1.82. The molecule has 0 atom stereocenters. The molecule has 162 valence electrons. The van der Waals surface area contributed by atoms with Crippen LogP contribution < -0.4 is 15.6 Å². The minimum absolute atomic E-state index is 0.760.